The van der Waals surface area contributed by atoms with Crippen LogP contribution in [0.2, 0.25) is 0 Å². The summed E-state index contributed by atoms with van der Waals surface area (Å²) in [7, 11) is 0. The molecular formula is C15H28N4O2. The van der Waals surface area contributed by atoms with Gasteiger partial charge in [-0.15, -0.1) is 0 Å². The Morgan fingerprint density at radius 2 is 2.10 bits per heavy atom. The second-order valence-electron chi connectivity index (χ2n) is 6.25. The standard InChI is InChI=1S/C15H28N4O2/c1-12-10-13(2)19(18-12)8-5-7-16-14(21)17-11-15(3,4)6-9-20/h10,20H,5-9,11H2,1-4H3,(H2,16,17,21). The number of amides is 2. The number of carbonyl (C=O) groups is 1. The number of urea groups is 1. The van der Waals surface area contributed by atoms with Gasteiger partial charge in [0.05, 0.1) is 5.69 Å². The Labute approximate surface area is 126 Å². The lowest BCUT2D eigenvalue weighted by Crippen LogP contribution is -2.41. The minimum Gasteiger partial charge on any atom is -0.396 e. The van der Waals surface area contributed by atoms with E-state index in [-0.39, 0.29) is 18.1 Å². The van der Waals surface area contributed by atoms with Gasteiger partial charge in [-0.2, -0.15) is 5.10 Å². The van der Waals surface area contributed by atoms with Crippen LogP contribution in [0.25, 0.3) is 0 Å². The monoisotopic (exact) mass is 296 g/mol. The number of nitrogens with one attached hydrogen (secondary N) is 2. The molecule has 120 valence electrons. The van der Waals surface area contributed by atoms with Crippen molar-refractivity contribution < 1.29 is 9.90 Å². The van der Waals surface area contributed by atoms with Crippen molar-refractivity contribution in [3.05, 3.63) is 17.5 Å². The zero-order valence-electron chi connectivity index (χ0n) is 13.6. The molecule has 0 aliphatic heterocycles. The molecule has 0 bridgehead atoms. The molecule has 0 unspecified atom stereocenters. The molecule has 6 heteroatoms. The molecule has 3 N–H and O–H groups in total. The Balaban J connectivity index is 2.18. The van der Waals surface area contributed by atoms with E-state index in [1.54, 1.807) is 0 Å². The summed E-state index contributed by atoms with van der Waals surface area (Å²) in [6, 6.07) is 1.89. The second-order valence-corrected chi connectivity index (χ2v) is 6.25. The fourth-order valence-electron chi connectivity index (χ4n) is 2.11. The molecule has 0 saturated heterocycles. The molecule has 21 heavy (non-hydrogen) atoms. The molecule has 1 rings (SSSR count). The van der Waals surface area contributed by atoms with E-state index in [2.05, 4.69) is 15.7 Å². The average molecular weight is 296 g/mol. The molecule has 1 aromatic rings. The number of hydrogen-bond acceptors (Lipinski definition) is 3. The largest absolute Gasteiger partial charge is 0.396 e. The summed E-state index contributed by atoms with van der Waals surface area (Å²) < 4.78 is 1.96. The summed E-state index contributed by atoms with van der Waals surface area (Å²) in [6.45, 7) is 10.2. The molecule has 0 aromatic carbocycles. The Kier molecular flexibility index (Phi) is 6.68. The van der Waals surface area contributed by atoms with E-state index in [1.165, 1.54) is 0 Å². The number of aliphatic hydroxyl groups excluding tert-OH is 1. The molecule has 1 heterocycles. The van der Waals surface area contributed by atoms with E-state index in [0.717, 1.165) is 24.4 Å². The Morgan fingerprint density at radius 1 is 1.38 bits per heavy atom. The van der Waals surface area contributed by atoms with Crippen molar-refractivity contribution in [2.75, 3.05) is 19.7 Å². The highest BCUT2D eigenvalue weighted by atomic mass is 16.3. The molecule has 0 radical (unpaired) electrons. The van der Waals surface area contributed by atoms with Crippen molar-refractivity contribution >= 4 is 6.03 Å². The Hall–Kier alpha value is -1.56. The minimum atomic E-state index is -0.158. The maximum absolute atomic E-state index is 11.7. The van der Waals surface area contributed by atoms with Crippen LogP contribution in [0, 0.1) is 19.3 Å². The molecular weight excluding hydrogens is 268 g/mol. The van der Waals surface area contributed by atoms with Crippen LogP contribution >= 0.6 is 0 Å². The van der Waals surface area contributed by atoms with Crippen molar-refractivity contribution in [1.29, 1.82) is 0 Å². The van der Waals surface area contributed by atoms with Gasteiger partial charge in [-0.1, -0.05) is 13.8 Å². The molecule has 2 amide bonds. The van der Waals surface area contributed by atoms with Gasteiger partial charge in [0.1, 0.15) is 0 Å². The lowest BCUT2D eigenvalue weighted by molar-refractivity contribution is 0.201. The molecule has 1 aromatic heterocycles. The molecule has 0 fully saturated rings. The number of hydrogen-bond donors (Lipinski definition) is 3. The van der Waals surface area contributed by atoms with Gasteiger partial charge in [0.25, 0.3) is 0 Å². The summed E-state index contributed by atoms with van der Waals surface area (Å²) >= 11 is 0. The van der Waals surface area contributed by atoms with E-state index >= 15 is 0 Å². The highest BCUT2D eigenvalue weighted by Gasteiger charge is 2.17. The predicted molar refractivity (Wildman–Crippen MR) is 83.2 cm³/mol. The molecule has 0 atom stereocenters. The third-order valence-corrected chi connectivity index (χ3v) is 3.45. The zero-order valence-corrected chi connectivity index (χ0v) is 13.6. The summed E-state index contributed by atoms with van der Waals surface area (Å²) in [5.41, 5.74) is 2.07. The van der Waals surface area contributed by atoms with Gasteiger partial charge in [-0.25, -0.2) is 4.79 Å². The van der Waals surface area contributed by atoms with Crippen molar-refractivity contribution in [2.24, 2.45) is 5.41 Å². The average Bonchev–Trinajstić information content (AvgIpc) is 2.71. The first-order valence-corrected chi connectivity index (χ1v) is 7.48. The highest BCUT2D eigenvalue weighted by Crippen LogP contribution is 2.17. The lowest BCUT2D eigenvalue weighted by atomic mass is 9.90. The van der Waals surface area contributed by atoms with Gasteiger partial charge in [-0.05, 0) is 38.2 Å². The van der Waals surface area contributed by atoms with Crippen LogP contribution in [0.15, 0.2) is 6.07 Å². The van der Waals surface area contributed by atoms with Crippen LogP contribution < -0.4 is 10.6 Å². The normalized spacial score (nSPS) is 11.5. The van der Waals surface area contributed by atoms with Gasteiger partial charge >= 0.3 is 6.03 Å². The quantitative estimate of drug-likeness (QED) is 0.638. The zero-order chi connectivity index (χ0) is 15.9. The van der Waals surface area contributed by atoms with E-state index < -0.39 is 0 Å². The van der Waals surface area contributed by atoms with Crippen molar-refractivity contribution in [3.63, 3.8) is 0 Å². The van der Waals surface area contributed by atoms with Gasteiger partial charge in [0.15, 0.2) is 0 Å². The van der Waals surface area contributed by atoms with Crippen LogP contribution in [0.3, 0.4) is 0 Å². The van der Waals surface area contributed by atoms with Gasteiger partial charge in [0.2, 0.25) is 0 Å². The van der Waals surface area contributed by atoms with E-state index in [1.807, 2.05) is 38.4 Å². The third kappa shape index (κ3) is 6.62. The molecule has 0 spiro atoms. The fraction of sp³-hybridized carbons (Fsp3) is 0.733. The molecule has 0 aliphatic rings. The number of aliphatic hydroxyl groups is 1. The van der Waals surface area contributed by atoms with Gasteiger partial charge in [-0.3, -0.25) is 4.68 Å². The fourth-order valence-corrected chi connectivity index (χ4v) is 2.11. The number of nitrogens with zero attached hydrogens (tertiary/aromatic N) is 2. The summed E-state index contributed by atoms with van der Waals surface area (Å²) in [5.74, 6) is 0. The third-order valence-electron chi connectivity index (χ3n) is 3.45. The minimum absolute atomic E-state index is 0.0875. The summed E-state index contributed by atoms with van der Waals surface area (Å²) in [6.07, 6.45) is 1.51. The first-order chi connectivity index (χ1) is 9.84. The maximum atomic E-state index is 11.7. The molecule has 0 saturated carbocycles. The van der Waals surface area contributed by atoms with Crippen LogP contribution in [-0.4, -0.2) is 40.6 Å². The summed E-state index contributed by atoms with van der Waals surface area (Å²) in [5, 5.41) is 19.0. The van der Waals surface area contributed by atoms with Crippen LogP contribution in [0.1, 0.15) is 38.1 Å². The Bertz CT molecular complexity index is 455. The molecule has 6 nitrogen and oxygen atoms in total. The number of aromatic nitrogens is 2. The van der Waals surface area contributed by atoms with Crippen molar-refractivity contribution in [2.45, 2.75) is 47.1 Å². The summed E-state index contributed by atoms with van der Waals surface area (Å²) in [4.78, 5) is 11.7. The second kappa shape index (κ2) is 8.02. The topological polar surface area (TPSA) is 79.2 Å². The van der Waals surface area contributed by atoms with Crippen molar-refractivity contribution in [1.82, 2.24) is 20.4 Å². The highest BCUT2D eigenvalue weighted by molar-refractivity contribution is 5.73. The van der Waals surface area contributed by atoms with E-state index in [9.17, 15) is 4.79 Å². The van der Waals surface area contributed by atoms with Crippen molar-refractivity contribution in [3.8, 4) is 0 Å². The van der Waals surface area contributed by atoms with Crippen LogP contribution in [0.4, 0.5) is 4.79 Å². The smallest absolute Gasteiger partial charge is 0.314 e. The van der Waals surface area contributed by atoms with Gasteiger partial charge < -0.3 is 15.7 Å². The van der Waals surface area contributed by atoms with Crippen LogP contribution in [0.5, 0.6) is 0 Å². The van der Waals surface area contributed by atoms with E-state index in [0.29, 0.717) is 19.5 Å². The first-order valence-electron chi connectivity index (χ1n) is 7.48. The number of aryl methyl sites for hydroxylation is 3. The number of rotatable bonds is 8. The SMILES string of the molecule is Cc1cc(C)n(CCCNC(=O)NCC(C)(C)CCO)n1. The maximum Gasteiger partial charge on any atom is 0.314 e. The first kappa shape index (κ1) is 17.5. The molecule has 0 aliphatic carbocycles. The lowest BCUT2D eigenvalue weighted by Gasteiger charge is -2.23. The predicted octanol–water partition coefficient (Wildman–Crippen LogP) is 1.60. The number of carbonyl (C=O) groups excluding carboxylic acids is 1. The van der Waals surface area contributed by atoms with E-state index in [4.69, 9.17) is 5.11 Å². The van der Waals surface area contributed by atoms with Gasteiger partial charge in [0, 0.05) is 31.9 Å². The Morgan fingerprint density at radius 3 is 2.67 bits per heavy atom. The van der Waals surface area contributed by atoms with Crippen LogP contribution in [-0.2, 0) is 6.54 Å².